The van der Waals surface area contributed by atoms with E-state index in [1.807, 2.05) is 16.7 Å². The second-order valence-electron chi connectivity index (χ2n) is 5.82. The highest BCUT2D eigenvalue weighted by Gasteiger charge is 2.27. The van der Waals surface area contributed by atoms with Crippen molar-refractivity contribution in [3.8, 4) is 0 Å². The van der Waals surface area contributed by atoms with E-state index in [4.69, 9.17) is 5.73 Å². The fraction of sp³-hybridized carbons (Fsp3) is 0.600. The molecule has 0 saturated heterocycles. The lowest BCUT2D eigenvalue weighted by Gasteiger charge is -2.37. The first-order valence-corrected chi connectivity index (χ1v) is 7.47. The van der Waals surface area contributed by atoms with Gasteiger partial charge in [-0.15, -0.1) is 0 Å². The lowest BCUT2D eigenvalue weighted by atomic mass is 9.83. The molecule has 2 atom stereocenters. The zero-order valence-electron chi connectivity index (χ0n) is 12.1. The molecule has 0 aromatic carbocycles. The molecule has 5 nitrogen and oxygen atoms in total. The van der Waals surface area contributed by atoms with Crippen molar-refractivity contribution in [2.24, 2.45) is 11.7 Å². The van der Waals surface area contributed by atoms with E-state index in [-0.39, 0.29) is 0 Å². The first-order chi connectivity index (χ1) is 9.78. The highest BCUT2D eigenvalue weighted by molar-refractivity contribution is 5.29. The van der Waals surface area contributed by atoms with Gasteiger partial charge in [-0.25, -0.2) is 9.97 Å². The van der Waals surface area contributed by atoms with Crippen LogP contribution in [0.15, 0.2) is 24.7 Å². The van der Waals surface area contributed by atoms with Gasteiger partial charge in [0.15, 0.2) is 0 Å². The van der Waals surface area contributed by atoms with Crippen molar-refractivity contribution in [3.63, 3.8) is 0 Å². The van der Waals surface area contributed by atoms with Gasteiger partial charge in [0.2, 0.25) is 5.78 Å². The maximum atomic E-state index is 5.93. The van der Waals surface area contributed by atoms with Gasteiger partial charge >= 0.3 is 0 Å². The first kappa shape index (κ1) is 13.5. The minimum Gasteiger partial charge on any atom is -0.330 e. The van der Waals surface area contributed by atoms with Crippen LogP contribution in [-0.2, 0) is 6.54 Å². The van der Waals surface area contributed by atoms with Crippen LogP contribution in [-0.4, -0.2) is 38.9 Å². The van der Waals surface area contributed by atoms with Gasteiger partial charge in [0.1, 0.15) is 0 Å². The molecule has 0 amide bonds. The Labute approximate surface area is 119 Å². The van der Waals surface area contributed by atoms with Crippen molar-refractivity contribution in [2.45, 2.75) is 38.3 Å². The van der Waals surface area contributed by atoms with E-state index in [1.165, 1.54) is 25.7 Å². The van der Waals surface area contributed by atoms with E-state index in [0.29, 0.717) is 12.0 Å². The fourth-order valence-electron chi connectivity index (χ4n) is 3.37. The van der Waals surface area contributed by atoms with E-state index < -0.39 is 0 Å². The molecule has 1 saturated carbocycles. The molecule has 20 heavy (non-hydrogen) atoms. The second-order valence-corrected chi connectivity index (χ2v) is 5.82. The van der Waals surface area contributed by atoms with Crippen LogP contribution in [0.25, 0.3) is 5.78 Å². The smallest absolute Gasteiger partial charge is 0.233 e. The van der Waals surface area contributed by atoms with Crippen molar-refractivity contribution >= 4 is 5.78 Å². The highest BCUT2D eigenvalue weighted by Crippen LogP contribution is 2.27. The molecule has 0 spiro atoms. The van der Waals surface area contributed by atoms with E-state index in [9.17, 15) is 0 Å². The Bertz CT molecular complexity index is 531. The summed E-state index contributed by atoms with van der Waals surface area (Å²) < 4.78 is 1.98. The van der Waals surface area contributed by atoms with E-state index in [2.05, 4.69) is 28.1 Å². The summed E-state index contributed by atoms with van der Waals surface area (Å²) in [5.41, 5.74) is 7.01. The van der Waals surface area contributed by atoms with E-state index in [0.717, 1.165) is 24.6 Å². The quantitative estimate of drug-likeness (QED) is 0.920. The van der Waals surface area contributed by atoms with Crippen molar-refractivity contribution < 1.29 is 0 Å². The molecule has 3 rings (SSSR count). The average molecular weight is 273 g/mol. The van der Waals surface area contributed by atoms with Gasteiger partial charge in [0, 0.05) is 31.2 Å². The summed E-state index contributed by atoms with van der Waals surface area (Å²) in [5, 5.41) is 0. The molecule has 2 aromatic heterocycles. The van der Waals surface area contributed by atoms with Crippen molar-refractivity contribution in [2.75, 3.05) is 13.6 Å². The molecule has 1 aliphatic rings. The summed E-state index contributed by atoms with van der Waals surface area (Å²) in [7, 11) is 2.19. The summed E-state index contributed by atoms with van der Waals surface area (Å²) >= 11 is 0. The van der Waals surface area contributed by atoms with Gasteiger partial charge in [-0.2, -0.15) is 0 Å². The summed E-state index contributed by atoms with van der Waals surface area (Å²) in [6.45, 7) is 1.66. The lowest BCUT2D eigenvalue weighted by molar-refractivity contribution is 0.126. The van der Waals surface area contributed by atoms with E-state index in [1.54, 1.807) is 6.20 Å². The molecule has 0 aliphatic heterocycles. The number of hydrogen-bond donors (Lipinski definition) is 1. The third-order valence-electron chi connectivity index (χ3n) is 4.43. The topological polar surface area (TPSA) is 59.5 Å². The number of hydrogen-bond acceptors (Lipinski definition) is 4. The summed E-state index contributed by atoms with van der Waals surface area (Å²) in [4.78, 5) is 11.3. The number of nitrogens with zero attached hydrogens (tertiary/aromatic N) is 4. The minimum atomic E-state index is 0.589. The van der Waals surface area contributed by atoms with Crippen LogP contribution in [0.1, 0.15) is 31.4 Å². The predicted molar refractivity (Wildman–Crippen MR) is 79.3 cm³/mol. The monoisotopic (exact) mass is 273 g/mol. The molecule has 2 unspecified atom stereocenters. The summed E-state index contributed by atoms with van der Waals surface area (Å²) in [5.74, 6) is 1.40. The van der Waals surface area contributed by atoms with Gasteiger partial charge in [-0.1, -0.05) is 12.8 Å². The SMILES string of the molecule is CN(Cc1cn2cccnc2n1)C1CCCCC1CN. The summed E-state index contributed by atoms with van der Waals surface area (Å²) in [6.07, 6.45) is 11.0. The molecular weight excluding hydrogens is 250 g/mol. The maximum Gasteiger partial charge on any atom is 0.233 e. The predicted octanol–water partition coefficient (Wildman–Crippen LogP) is 1.68. The largest absolute Gasteiger partial charge is 0.330 e. The van der Waals surface area contributed by atoms with Gasteiger partial charge < -0.3 is 5.73 Å². The normalized spacial score (nSPS) is 23.6. The Hall–Kier alpha value is -1.46. The Kier molecular flexibility index (Phi) is 3.98. The van der Waals surface area contributed by atoms with Gasteiger partial charge in [0.05, 0.1) is 5.69 Å². The fourth-order valence-corrected chi connectivity index (χ4v) is 3.37. The Morgan fingerprint density at radius 2 is 2.25 bits per heavy atom. The zero-order chi connectivity index (χ0) is 13.9. The Morgan fingerprint density at radius 1 is 1.40 bits per heavy atom. The van der Waals surface area contributed by atoms with Crippen molar-refractivity contribution in [1.29, 1.82) is 0 Å². The van der Waals surface area contributed by atoms with Gasteiger partial charge in [0.25, 0.3) is 0 Å². The molecule has 1 fully saturated rings. The third-order valence-corrected chi connectivity index (χ3v) is 4.43. The maximum absolute atomic E-state index is 5.93. The molecule has 0 bridgehead atoms. The van der Waals surface area contributed by atoms with E-state index >= 15 is 0 Å². The van der Waals surface area contributed by atoms with Crippen LogP contribution < -0.4 is 5.73 Å². The Morgan fingerprint density at radius 3 is 3.05 bits per heavy atom. The molecule has 1 aliphatic carbocycles. The minimum absolute atomic E-state index is 0.589. The number of nitrogens with two attached hydrogens (primary N) is 1. The lowest BCUT2D eigenvalue weighted by Crippen LogP contribution is -2.42. The number of imidazole rings is 1. The molecular formula is C15H23N5. The zero-order valence-corrected chi connectivity index (χ0v) is 12.1. The second kappa shape index (κ2) is 5.89. The van der Waals surface area contributed by atoms with Crippen molar-refractivity contribution in [3.05, 3.63) is 30.4 Å². The van der Waals surface area contributed by atoms with Crippen molar-refractivity contribution in [1.82, 2.24) is 19.3 Å². The third kappa shape index (κ3) is 2.69. The standard InChI is InChI=1S/C15H23N5/c1-19(14-6-3-2-5-12(14)9-16)10-13-11-20-8-4-7-17-15(20)18-13/h4,7-8,11-12,14H,2-3,5-6,9-10,16H2,1H3. The average Bonchev–Trinajstić information content (AvgIpc) is 2.89. The highest BCUT2D eigenvalue weighted by atomic mass is 15.2. The molecule has 2 heterocycles. The molecule has 2 N–H and O–H groups in total. The van der Waals surface area contributed by atoms with Gasteiger partial charge in [-0.05, 0) is 38.4 Å². The first-order valence-electron chi connectivity index (χ1n) is 7.47. The molecule has 0 radical (unpaired) electrons. The van der Waals surface area contributed by atoms with Gasteiger partial charge in [-0.3, -0.25) is 9.30 Å². The Balaban J connectivity index is 1.72. The van der Waals surface area contributed by atoms with Crippen LogP contribution in [0.4, 0.5) is 0 Å². The molecule has 5 heteroatoms. The van der Waals surface area contributed by atoms with Crippen LogP contribution in [0, 0.1) is 5.92 Å². The number of aromatic nitrogens is 3. The molecule has 108 valence electrons. The van der Waals surface area contributed by atoms with Crippen LogP contribution in [0.5, 0.6) is 0 Å². The summed E-state index contributed by atoms with van der Waals surface area (Å²) in [6, 6.07) is 2.51. The van der Waals surface area contributed by atoms with Crippen LogP contribution >= 0.6 is 0 Å². The molecule has 2 aromatic rings. The van der Waals surface area contributed by atoms with Crippen LogP contribution in [0.2, 0.25) is 0 Å². The van der Waals surface area contributed by atoms with Crippen LogP contribution in [0.3, 0.4) is 0 Å². The number of rotatable bonds is 4. The number of fused-ring (bicyclic) bond motifs is 1.